The first-order valence-corrected chi connectivity index (χ1v) is 4.82. The molecule has 82 valence electrons. The minimum absolute atomic E-state index is 0.109. The predicted molar refractivity (Wildman–Crippen MR) is 59.4 cm³/mol. The number of hydrogen-bond donors (Lipinski definition) is 3. The number of benzene rings is 1. The normalized spacial score (nSPS) is 14.4. The summed E-state index contributed by atoms with van der Waals surface area (Å²) in [5.41, 5.74) is 7.32. The summed E-state index contributed by atoms with van der Waals surface area (Å²) < 4.78 is 0. The highest BCUT2D eigenvalue weighted by Gasteiger charge is 2.11. The first kappa shape index (κ1) is 11.7. The lowest BCUT2D eigenvalue weighted by Crippen LogP contribution is -2.23. The van der Waals surface area contributed by atoms with Gasteiger partial charge < -0.3 is 16.2 Å². The van der Waals surface area contributed by atoms with Crippen molar-refractivity contribution in [3.63, 3.8) is 0 Å². The van der Waals surface area contributed by atoms with Gasteiger partial charge in [-0.15, -0.1) is 0 Å². The zero-order chi connectivity index (χ0) is 11.4. The minimum Gasteiger partial charge on any atom is -0.391 e. The average molecular weight is 208 g/mol. The third-order valence-electron chi connectivity index (χ3n) is 2.14. The summed E-state index contributed by atoms with van der Waals surface area (Å²) in [5, 5.41) is 12.0. The smallest absolute Gasteiger partial charge is 0.221 e. The number of nitrogens with two attached hydrogens (primary N) is 1. The van der Waals surface area contributed by atoms with Gasteiger partial charge in [0.2, 0.25) is 5.91 Å². The van der Waals surface area contributed by atoms with Gasteiger partial charge in [0.25, 0.3) is 0 Å². The molecule has 0 saturated heterocycles. The van der Waals surface area contributed by atoms with Crippen LogP contribution >= 0.6 is 0 Å². The molecule has 0 saturated carbocycles. The van der Waals surface area contributed by atoms with Crippen LogP contribution in [0.15, 0.2) is 24.3 Å². The fourth-order valence-electron chi connectivity index (χ4n) is 1.27. The van der Waals surface area contributed by atoms with E-state index in [9.17, 15) is 9.90 Å². The maximum atomic E-state index is 10.8. The van der Waals surface area contributed by atoms with Crippen LogP contribution in [0.1, 0.15) is 25.5 Å². The van der Waals surface area contributed by atoms with Crippen LogP contribution in [0.5, 0.6) is 0 Å². The Morgan fingerprint density at radius 2 is 1.93 bits per heavy atom. The Morgan fingerprint density at radius 3 is 2.33 bits per heavy atom. The third kappa shape index (κ3) is 3.34. The average Bonchev–Trinajstić information content (AvgIpc) is 2.17. The number of aliphatic hydroxyl groups excluding tert-OH is 1. The predicted octanol–water partition coefficient (Wildman–Crippen LogP) is 1.03. The number of anilines is 1. The molecule has 0 radical (unpaired) electrons. The fourth-order valence-corrected chi connectivity index (χ4v) is 1.27. The van der Waals surface area contributed by atoms with Crippen molar-refractivity contribution in [3.05, 3.63) is 29.8 Å². The highest BCUT2D eigenvalue weighted by Crippen LogP contribution is 2.17. The molecule has 0 unspecified atom stereocenters. The molecule has 0 aliphatic heterocycles. The summed E-state index contributed by atoms with van der Waals surface area (Å²) in [6.07, 6.45) is -0.586. The number of aliphatic hydroxyl groups is 1. The van der Waals surface area contributed by atoms with E-state index < -0.39 is 12.1 Å². The number of hydrogen-bond acceptors (Lipinski definition) is 3. The van der Waals surface area contributed by atoms with Crippen molar-refractivity contribution >= 4 is 11.6 Å². The van der Waals surface area contributed by atoms with E-state index in [1.807, 2.05) is 0 Å². The number of rotatable bonds is 3. The lowest BCUT2D eigenvalue weighted by Gasteiger charge is -2.15. The molecule has 1 rings (SSSR count). The quantitative estimate of drug-likeness (QED) is 0.694. The van der Waals surface area contributed by atoms with Gasteiger partial charge in [-0.1, -0.05) is 12.1 Å². The van der Waals surface area contributed by atoms with Crippen LogP contribution in [0.4, 0.5) is 5.69 Å². The van der Waals surface area contributed by atoms with Crippen LogP contribution in [0.2, 0.25) is 0 Å². The van der Waals surface area contributed by atoms with E-state index >= 15 is 0 Å². The minimum atomic E-state index is -0.586. The van der Waals surface area contributed by atoms with Gasteiger partial charge in [-0.05, 0) is 24.6 Å². The molecule has 4 N–H and O–H groups in total. The molecule has 0 aromatic heterocycles. The second-order valence-electron chi connectivity index (χ2n) is 3.57. The molecule has 1 aromatic carbocycles. The van der Waals surface area contributed by atoms with Crippen LogP contribution in [-0.2, 0) is 4.79 Å². The van der Waals surface area contributed by atoms with Gasteiger partial charge in [0.15, 0.2) is 0 Å². The van der Waals surface area contributed by atoms with Crippen molar-refractivity contribution in [2.45, 2.75) is 26.0 Å². The van der Waals surface area contributed by atoms with Crippen LogP contribution in [0.3, 0.4) is 0 Å². The Bertz CT molecular complexity index is 333. The maximum Gasteiger partial charge on any atom is 0.221 e. The van der Waals surface area contributed by atoms with Gasteiger partial charge in [0.05, 0.1) is 12.1 Å². The standard InChI is InChI=1S/C11H16N2O2/c1-7(14)11(12)9-3-5-10(6-4-9)13-8(2)15/h3-7,11,14H,12H2,1-2H3,(H,13,15)/t7-,11-/m0/s1. The fraction of sp³-hybridized carbons (Fsp3) is 0.364. The second kappa shape index (κ2) is 4.91. The summed E-state index contributed by atoms with van der Waals surface area (Å²) in [7, 11) is 0. The van der Waals surface area contributed by atoms with Gasteiger partial charge >= 0.3 is 0 Å². The SMILES string of the molecule is CC(=O)Nc1ccc([C@@H](N)[C@H](C)O)cc1. The van der Waals surface area contributed by atoms with E-state index in [0.717, 1.165) is 11.3 Å². The van der Waals surface area contributed by atoms with Crippen LogP contribution in [0, 0.1) is 0 Å². The molecule has 0 aliphatic rings. The molecule has 4 heteroatoms. The first-order chi connectivity index (χ1) is 7.00. The van der Waals surface area contributed by atoms with Crippen LogP contribution in [-0.4, -0.2) is 17.1 Å². The topological polar surface area (TPSA) is 75.4 Å². The molecule has 2 atom stereocenters. The number of carbonyl (C=O) groups excluding carboxylic acids is 1. The first-order valence-electron chi connectivity index (χ1n) is 4.82. The number of amides is 1. The summed E-state index contributed by atoms with van der Waals surface area (Å²) in [4.78, 5) is 10.8. The Kier molecular flexibility index (Phi) is 3.82. The van der Waals surface area contributed by atoms with Crippen molar-refractivity contribution in [3.8, 4) is 0 Å². The third-order valence-corrected chi connectivity index (χ3v) is 2.14. The van der Waals surface area contributed by atoms with Crippen LogP contribution < -0.4 is 11.1 Å². The summed E-state index contributed by atoms with van der Waals surface area (Å²) in [6.45, 7) is 3.10. The van der Waals surface area contributed by atoms with E-state index in [1.165, 1.54) is 6.92 Å². The lowest BCUT2D eigenvalue weighted by molar-refractivity contribution is -0.114. The van der Waals surface area contributed by atoms with Crippen molar-refractivity contribution in [2.75, 3.05) is 5.32 Å². The highest BCUT2D eigenvalue weighted by molar-refractivity contribution is 5.88. The molecule has 0 bridgehead atoms. The van der Waals surface area contributed by atoms with Gasteiger partial charge in [-0.3, -0.25) is 4.79 Å². The van der Waals surface area contributed by atoms with Crippen molar-refractivity contribution in [1.82, 2.24) is 0 Å². The van der Waals surface area contributed by atoms with Crippen molar-refractivity contribution in [1.29, 1.82) is 0 Å². The molecule has 15 heavy (non-hydrogen) atoms. The van der Waals surface area contributed by atoms with Crippen LogP contribution in [0.25, 0.3) is 0 Å². The van der Waals surface area contributed by atoms with Gasteiger partial charge in [0, 0.05) is 12.6 Å². The maximum absolute atomic E-state index is 10.8. The zero-order valence-corrected chi connectivity index (χ0v) is 8.90. The molecule has 1 aromatic rings. The summed E-state index contributed by atoms with van der Waals surface area (Å²) >= 11 is 0. The molecule has 0 fully saturated rings. The summed E-state index contributed by atoms with van der Waals surface area (Å²) in [6, 6.07) is 6.72. The van der Waals surface area contributed by atoms with E-state index in [-0.39, 0.29) is 5.91 Å². The van der Waals surface area contributed by atoms with Gasteiger partial charge in [-0.25, -0.2) is 0 Å². The monoisotopic (exact) mass is 208 g/mol. The Hall–Kier alpha value is -1.39. The van der Waals surface area contributed by atoms with Gasteiger partial charge in [-0.2, -0.15) is 0 Å². The molecule has 0 spiro atoms. The number of carbonyl (C=O) groups is 1. The Morgan fingerprint density at radius 1 is 1.40 bits per heavy atom. The largest absolute Gasteiger partial charge is 0.391 e. The molecular formula is C11H16N2O2. The molecular weight excluding hydrogens is 192 g/mol. The van der Waals surface area contributed by atoms with Crippen molar-refractivity contribution in [2.24, 2.45) is 5.73 Å². The number of nitrogens with one attached hydrogen (secondary N) is 1. The Balaban J connectivity index is 2.76. The second-order valence-corrected chi connectivity index (χ2v) is 3.57. The molecule has 4 nitrogen and oxygen atoms in total. The van der Waals surface area contributed by atoms with E-state index in [1.54, 1.807) is 31.2 Å². The van der Waals surface area contributed by atoms with Crippen molar-refractivity contribution < 1.29 is 9.90 Å². The molecule has 1 amide bonds. The molecule has 0 heterocycles. The Labute approximate surface area is 89.1 Å². The van der Waals surface area contributed by atoms with E-state index in [2.05, 4.69) is 5.32 Å². The zero-order valence-electron chi connectivity index (χ0n) is 8.90. The molecule has 0 aliphatic carbocycles. The van der Waals surface area contributed by atoms with Gasteiger partial charge in [0.1, 0.15) is 0 Å². The summed E-state index contributed by atoms with van der Waals surface area (Å²) in [5.74, 6) is -0.109. The highest BCUT2D eigenvalue weighted by atomic mass is 16.3. The van der Waals surface area contributed by atoms with E-state index in [0.29, 0.717) is 0 Å². The van der Waals surface area contributed by atoms with E-state index in [4.69, 9.17) is 5.73 Å². The lowest BCUT2D eigenvalue weighted by atomic mass is 10.0.